The van der Waals surface area contributed by atoms with Crippen LogP contribution in [0.25, 0.3) is 0 Å². The van der Waals surface area contributed by atoms with Crippen LogP contribution in [0.5, 0.6) is 17.2 Å². The molecule has 25 heavy (non-hydrogen) atoms. The lowest BCUT2D eigenvalue weighted by atomic mass is 10.2. The van der Waals surface area contributed by atoms with E-state index in [-0.39, 0.29) is 44.3 Å². The van der Waals surface area contributed by atoms with Gasteiger partial charge in [-0.3, -0.25) is 4.79 Å². The van der Waals surface area contributed by atoms with Gasteiger partial charge in [-0.1, -0.05) is 0 Å². The first-order chi connectivity index (χ1) is 11.7. The monoisotopic (exact) mass is 390 g/mol. The van der Waals surface area contributed by atoms with Gasteiger partial charge in [0.15, 0.2) is 11.5 Å². The summed E-state index contributed by atoms with van der Waals surface area (Å²) in [6.07, 6.45) is -0.337. The molecule has 0 aliphatic carbocycles. The van der Waals surface area contributed by atoms with E-state index in [9.17, 15) is 9.90 Å². The summed E-state index contributed by atoms with van der Waals surface area (Å²) in [5.41, 5.74) is 0. The minimum Gasteiger partial charge on any atom is -0.491 e. The number of carbonyl (C=O) groups is 1. The van der Waals surface area contributed by atoms with E-state index < -0.39 is 6.10 Å². The van der Waals surface area contributed by atoms with Crippen LogP contribution in [-0.2, 0) is 4.79 Å². The third-order valence-corrected chi connectivity index (χ3v) is 4.88. The topological polar surface area (TPSA) is 89.1 Å². The van der Waals surface area contributed by atoms with Crippen LogP contribution in [0.2, 0.25) is 0 Å². The Morgan fingerprint density at radius 3 is 3.08 bits per heavy atom. The van der Waals surface area contributed by atoms with Gasteiger partial charge in [0.1, 0.15) is 18.5 Å². The number of aliphatic hydroxyl groups is 1. The first kappa shape index (κ1) is 20.0. The zero-order valence-corrected chi connectivity index (χ0v) is 15.4. The number of thioether (sulfide) groups is 1. The highest BCUT2D eigenvalue weighted by atomic mass is 35.5. The average molecular weight is 391 g/mol. The first-order valence-corrected chi connectivity index (χ1v) is 9.14. The molecule has 3 N–H and O–H groups in total. The molecule has 7 nitrogen and oxygen atoms in total. The Morgan fingerprint density at radius 1 is 1.44 bits per heavy atom. The van der Waals surface area contributed by atoms with E-state index in [4.69, 9.17) is 14.2 Å². The maximum Gasteiger partial charge on any atom is 0.231 e. The molecule has 3 rings (SSSR count). The molecule has 0 saturated carbocycles. The molecule has 0 radical (unpaired) electrons. The van der Waals surface area contributed by atoms with Gasteiger partial charge in [-0.2, -0.15) is 11.8 Å². The highest BCUT2D eigenvalue weighted by molar-refractivity contribution is 7.99. The van der Waals surface area contributed by atoms with Crippen LogP contribution in [0.4, 0.5) is 0 Å². The Kier molecular flexibility index (Phi) is 7.95. The van der Waals surface area contributed by atoms with Crippen LogP contribution in [-0.4, -0.2) is 61.2 Å². The van der Waals surface area contributed by atoms with E-state index in [1.54, 1.807) is 18.2 Å². The lowest BCUT2D eigenvalue weighted by Gasteiger charge is -2.22. The van der Waals surface area contributed by atoms with Gasteiger partial charge in [-0.15, -0.1) is 12.4 Å². The Morgan fingerprint density at radius 2 is 2.28 bits per heavy atom. The van der Waals surface area contributed by atoms with Crippen molar-refractivity contribution in [2.75, 3.05) is 38.0 Å². The molecule has 0 bridgehead atoms. The van der Waals surface area contributed by atoms with Crippen LogP contribution >= 0.6 is 24.2 Å². The maximum atomic E-state index is 11.9. The molecule has 1 aromatic rings. The molecule has 1 amide bonds. The van der Waals surface area contributed by atoms with E-state index in [0.29, 0.717) is 23.7 Å². The maximum absolute atomic E-state index is 11.9. The van der Waals surface area contributed by atoms with Crippen molar-refractivity contribution in [3.8, 4) is 17.2 Å². The van der Waals surface area contributed by atoms with Crippen molar-refractivity contribution < 1.29 is 24.1 Å². The number of fused-ring (bicyclic) bond motifs is 1. The number of carbonyl (C=O) groups excluding carboxylic acids is 1. The Bertz CT molecular complexity index is 571. The quantitative estimate of drug-likeness (QED) is 0.634. The number of hydrogen-bond donors (Lipinski definition) is 3. The van der Waals surface area contributed by atoms with Gasteiger partial charge >= 0.3 is 0 Å². The molecule has 1 fully saturated rings. The van der Waals surface area contributed by atoms with Gasteiger partial charge in [0.25, 0.3) is 0 Å². The summed E-state index contributed by atoms with van der Waals surface area (Å²) in [7, 11) is 0. The van der Waals surface area contributed by atoms with Crippen molar-refractivity contribution in [1.82, 2.24) is 10.6 Å². The van der Waals surface area contributed by atoms with Gasteiger partial charge < -0.3 is 30.0 Å². The van der Waals surface area contributed by atoms with Gasteiger partial charge in [-0.05, 0) is 12.1 Å². The first-order valence-electron chi connectivity index (χ1n) is 7.99. The molecule has 0 aromatic heterocycles. The number of aliphatic hydroxyl groups excluding tert-OH is 1. The summed E-state index contributed by atoms with van der Waals surface area (Å²) in [5, 5.41) is 16.0. The Labute approximate surface area is 157 Å². The van der Waals surface area contributed by atoms with Crippen molar-refractivity contribution in [3.05, 3.63) is 18.2 Å². The van der Waals surface area contributed by atoms with Crippen LogP contribution < -0.4 is 24.8 Å². The Balaban J connectivity index is 0.00000225. The second kappa shape index (κ2) is 9.96. The summed E-state index contributed by atoms with van der Waals surface area (Å²) in [6, 6.07) is 5.46. The highest BCUT2D eigenvalue weighted by Crippen LogP contribution is 2.35. The molecule has 2 aliphatic rings. The molecule has 2 heterocycles. The zero-order chi connectivity index (χ0) is 16.8. The van der Waals surface area contributed by atoms with Gasteiger partial charge in [0.2, 0.25) is 12.7 Å². The molecule has 1 saturated heterocycles. The second-order valence-corrected chi connectivity index (χ2v) is 6.86. The average Bonchev–Trinajstić information content (AvgIpc) is 3.07. The van der Waals surface area contributed by atoms with Crippen LogP contribution in [0.15, 0.2) is 18.2 Å². The number of hydrogen-bond acceptors (Lipinski definition) is 7. The summed E-state index contributed by atoms with van der Waals surface area (Å²) < 4.78 is 16.0. The van der Waals surface area contributed by atoms with E-state index in [0.717, 1.165) is 18.1 Å². The molecule has 140 valence electrons. The number of nitrogens with one attached hydrogen (secondary N) is 2. The molecular formula is C16H23ClN2O5S. The van der Waals surface area contributed by atoms with E-state index in [2.05, 4.69) is 10.6 Å². The van der Waals surface area contributed by atoms with Gasteiger partial charge in [-0.25, -0.2) is 0 Å². The number of benzene rings is 1. The highest BCUT2D eigenvalue weighted by Gasteiger charge is 2.18. The number of amides is 1. The molecule has 2 atom stereocenters. The standard InChI is InChI=1S/C16H22N2O5S.ClH/c19-12(7-18-16(20)5-11-9-24-4-3-17-11)8-21-13-1-2-14-15(6-13)23-10-22-14;/h1-2,6,11-12,17,19H,3-5,7-10H2,(H,18,20);1H. The summed E-state index contributed by atoms with van der Waals surface area (Å²) >= 11 is 1.85. The summed E-state index contributed by atoms with van der Waals surface area (Å²) in [4.78, 5) is 11.9. The van der Waals surface area contributed by atoms with E-state index in [1.165, 1.54) is 0 Å². The fraction of sp³-hybridized carbons (Fsp3) is 0.562. The SMILES string of the molecule is Cl.O=C(CC1CSCCN1)NCC(O)COc1ccc2c(c1)OCO2. The third kappa shape index (κ3) is 6.14. The lowest BCUT2D eigenvalue weighted by molar-refractivity contribution is -0.122. The predicted molar refractivity (Wildman–Crippen MR) is 98.1 cm³/mol. The van der Waals surface area contributed by atoms with Crippen molar-refractivity contribution in [3.63, 3.8) is 0 Å². The Hall–Kier alpha value is -1.35. The van der Waals surface area contributed by atoms with Crippen molar-refractivity contribution in [1.29, 1.82) is 0 Å². The molecule has 9 heteroatoms. The summed E-state index contributed by atoms with van der Waals surface area (Å²) in [6.45, 7) is 1.41. The largest absolute Gasteiger partial charge is 0.491 e. The third-order valence-electron chi connectivity index (χ3n) is 3.75. The fourth-order valence-electron chi connectivity index (χ4n) is 2.50. The summed E-state index contributed by atoms with van der Waals surface area (Å²) in [5.74, 6) is 3.89. The number of ether oxygens (including phenoxy) is 3. The normalized spacial score (nSPS) is 19.6. The minimum absolute atomic E-state index is 0. The second-order valence-electron chi connectivity index (χ2n) is 5.71. The van der Waals surface area contributed by atoms with Gasteiger partial charge in [0, 0.05) is 43.1 Å². The lowest BCUT2D eigenvalue weighted by Crippen LogP contribution is -2.43. The van der Waals surface area contributed by atoms with Crippen molar-refractivity contribution >= 4 is 30.1 Å². The predicted octanol–water partition coefficient (Wildman–Crippen LogP) is 0.788. The van der Waals surface area contributed by atoms with Crippen LogP contribution in [0.3, 0.4) is 0 Å². The number of rotatable bonds is 7. The van der Waals surface area contributed by atoms with E-state index in [1.807, 2.05) is 11.8 Å². The molecule has 2 aliphatic heterocycles. The molecular weight excluding hydrogens is 368 g/mol. The van der Waals surface area contributed by atoms with E-state index >= 15 is 0 Å². The van der Waals surface area contributed by atoms with Crippen LogP contribution in [0.1, 0.15) is 6.42 Å². The smallest absolute Gasteiger partial charge is 0.231 e. The molecule has 2 unspecified atom stereocenters. The minimum atomic E-state index is -0.770. The molecule has 0 spiro atoms. The fourth-order valence-corrected chi connectivity index (χ4v) is 3.45. The zero-order valence-electron chi connectivity index (χ0n) is 13.7. The van der Waals surface area contributed by atoms with Gasteiger partial charge in [0.05, 0.1) is 0 Å². The van der Waals surface area contributed by atoms with Crippen molar-refractivity contribution in [2.45, 2.75) is 18.6 Å². The van der Waals surface area contributed by atoms with Crippen molar-refractivity contribution in [2.24, 2.45) is 0 Å². The number of halogens is 1. The molecule has 1 aromatic carbocycles. The van der Waals surface area contributed by atoms with Crippen LogP contribution in [0, 0.1) is 0 Å².